The molecule has 0 amide bonds. The van der Waals surface area contributed by atoms with Crippen molar-refractivity contribution in [2.75, 3.05) is 5.73 Å². The minimum atomic E-state index is -1.14. The molecule has 0 aliphatic carbocycles. The van der Waals surface area contributed by atoms with Crippen LogP contribution in [-0.4, -0.2) is 14.0 Å². The fraction of sp³-hybridized carbons (Fsp3) is 0.357. The van der Waals surface area contributed by atoms with Crippen molar-refractivity contribution in [3.05, 3.63) is 41.2 Å². The van der Waals surface area contributed by atoms with Crippen molar-refractivity contribution in [3.8, 4) is 0 Å². The number of anilines is 1. The van der Waals surface area contributed by atoms with Crippen molar-refractivity contribution in [1.82, 2.24) is 9.78 Å². The lowest BCUT2D eigenvalue weighted by Gasteiger charge is -2.07. The summed E-state index contributed by atoms with van der Waals surface area (Å²) in [6.45, 7) is 4.03. The van der Waals surface area contributed by atoms with Crippen LogP contribution in [0.15, 0.2) is 29.2 Å². The Morgan fingerprint density at radius 3 is 2.68 bits per heavy atom. The maximum Gasteiger partial charge on any atom is 0.0703 e. The van der Waals surface area contributed by atoms with Gasteiger partial charge in [0.15, 0.2) is 0 Å². The fourth-order valence-electron chi connectivity index (χ4n) is 1.97. The molecule has 5 heteroatoms. The summed E-state index contributed by atoms with van der Waals surface area (Å²) >= 11 is 0. The normalized spacial score (nSPS) is 12.6. The Balaban J connectivity index is 2.23. The highest BCUT2D eigenvalue weighted by Gasteiger charge is 2.12. The van der Waals surface area contributed by atoms with E-state index in [4.69, 9.17) is 5.73 Å². The summed E-state index contributed by atoms with van der Waals surface area (Å²) in [5.41, 5.74) is 9.59. The van der Waals surface area contributed by atoms with Crippen molar-refractivity contribution in [2.45, 2.75) is 30.9 Å². The molecule has 1 aromatic carbocycles. The third-order valence-electron chi connectivity index (χ3n) is 3.08. The number of hydrogen-bond acceptors (Lipinski definition) is 3. The first-order valence-electron chi connectivity index (χ1n) is 6.27. The van der Waals surface area contributed by atoms with Crippen LogP contribution in [0.5, 0.6) is 0 Å². The zero-order chi connectivity index (χ0) is 14.0. The molecule has 0 saturated carbocycles. The van der Waals surface area contributed by atoms with Gasteiger partial charge in [-0.05, 0) is 37.1 Å². The van der Waals surface area contributed by atoms with Gasteiger partial charge in [-0.1, -0.05) is 13.0 Å². The van der Waals surface area contributed by atoms with Crippen molar-refractivity contribution in [2.24, 2.45) is 7.05 Å². The van der Waals surface area contributed by atoms with Crippen LogP contribution in [0.1, 0.15) is 23.9 Å². The average Bonchev–Trinajstić information content (AvgIpc) is 2.70. The number of benzene rings is 1. The van der Waals surface area contributed by atoms with Gasteiger partial charge in [0.2, 0.25) is 0 Å². The predicted octanol–water partition coefficient (Wildman–Crippen LogP) is 2.18. The second-order valence-electron chi connectivity index (χ2n) is 4.64. The van der Waals surface area contributed by atoms with E-state index >= 15 is 0 Å². The van der Waals surface area contributed by atoms with E-state index in [1.165, 1.54) is 0 Å². The molecule has 4 nitrogen and oxygen atoms in total. The lowest BCUT2D eigenvalue weighted by atomic mass is 10.2. The summed E-state index contributed by atoms with van der Waals surface area (Å²) in [5.74, 6) is 0.441. The second-order valence-corrected chi connectivity index (χ2v) is 6.05. The molecule has 0 spiro atoms. The third-order valence-corrected chi connectivity index (χ3v) is 4.50. The van der Waals surface area contributed by atoms with Gasteiger partial charge in [0, 0.05) is 12.7 Å². The topological polar surface area (TPSA) is 60.9 Å². The zero-order valence-electron chi connectivity index (χ0n) is 11.5. The first-order valence-corrected chi connectivity index (χ1v) is 7.59. The highest BCUT2D eigenvalue weighted by molar-refractivity contribution is 7.84. The second kappa shape index (κ2) is 5.57. The minimum absolute atomic E-state index is 0.441. The largest absolute Gasteiger partial charge is 0.398 e. The Labute approximate surface area is 116 Å². The van der Waals surface area contributed by atoms with Gasteiger partial charge >= 0.3 is 0 Å². The van der Waals surface area contributed by atoms with E-state index in [0.717, 1.165) is 23.4 Å². The van der Waals surface area contributed by atoms with Crippen LogP contribution in [0, 0.1) is 6.92 Å². The number of nitrogen functional groups attached to an aromatic ring is 1. The zero-order valence-corrected chi connectivity index (χ0v) is 12.3. The molecule has 0 bridgehead atoms. The molecule has 0 fully saturated rings. The summed E-state index contributed by atoms with van der Waals surface area (Å²) in [6, 6.07) is 7.64. The van der Waals surface area contributed by atoms with Gasteiger partial charge in [0.1, 0.15) is 0 Å². The van der Waals surface area contributed by atoms with Gasteiger partial charge in [0.05, 0.1) is 32.8 Å². The van der Waals surface area contributed by atoms with Crippen LogP contribution >= 0.6 is 0 Å². The first kappa shape index (κ1) is 13.8. The number of nitrogens with two attached hydrogens (primary N) is 1. The molecule has 0 saturated heterocycles. The van der Waals surface area contributed by atoms with Crippen LogP contribution in [0.4, 0.5) is 5.69 Å². The molecule has 1 heterocycles. The molecule has 1 atom stereocenters. The molecule has 0 radical (unpaired) electrons. The Morgan fingerprint density at radius 1 is 1.37 bits per heavy atom. The van der Waals surface area contributed by atoms with E-state index < -0.39 is 10.8 Å². The average molecular weight is 277 g/mol. The van der Waals surface area contributed by atoms with Gasteiger partial charge in [0.25, 0.3) is 0 Å². The Bertz CT molecular complexity index is 619. The number of nitrogens with zero attached hydrogens (tertiary/aromatic N) is 2. The van der Waals surface area contributed by atoms with E-state index in [1.807, 2.05) is 38.2 Å². The molecule has 2 N–H and O–H groups in total. The van der Waals surface area contributed by atoms with Crippen molar-refractivity contribution in [1.29, 1.82) is 0 Å². The molecular weight excluding hydrogens is 258 g/mol. The Kier molecular flexibility index (Phi) is 4.04. The standard InChI is InChI=1S/C14H19N3OS/c1-4-11-8-12(17(3)16-11)9-19(18)14-6-5-10(2)7-13(14)15/h5-8H,4,9,15H2,1-3H3. The van der Waals surface area contributed by atoms with Gasteiger partial charge in [-0.3, -0.25) is 8.89 Å². The number of aryl methyl sites for hydroxylation is 3. The summed E-state index contributed by atoms with van der Waals surface area (Å²) in [7, 11) is 0.740. The van der Waals surface area contributed by atoms with Crippen LogP contribution < -0.4 is 5.73 Å². The summed E-state index contributed by atoms with van der Waals surface area (Å²) in [4.78, 5) is 0.699. The summed E-state index contributed by atoms with van der Waals surface area (Å²) in [5, 5.41) is 4.36. The van der Waals surface area contributed by atoms with Crippen LogP contribution in [0.2, 0.25) is 0 Å². The van der Waals surface area contributed by atoms with Crippen LogP contribution in [-0.2, 0) is 30.0 Å². The Hall–Kier alpha value is -1.62. The molecule has 2 aromatic rings. The summed E-state index contributed by atoms with van der Waals surface area (Å²) in [6.07, 6.45) is 0.882. The van der Waals surface area contributed by atoms with Crippen molar-refractivity contribution < 1.29 is 4.21 Å². The molecular formula is C14H19N3OS. The molecule has 0 aliphatic rings. The maximum atomic E-state index is 12.4. The van der Waals surface area contributed by atoms with Crippen LogP contribution in [0.3, 0.4) is 0 Å². The van der Waals surface area contributed by atoms with E-state index in [1.54, 1.807) is 4.68 Å². The summed E-state index contributed by atoms with van der Waals surface area (Å²) < 4.78 is 14.2. The van der Waals surface area contributed by atoms with Gasteiger partial charge in [-0.15, -0.1) is 0 Å². The molecule has 0 aliphatic heterocycles. The maximum absolute atomic E-state index is 12.4. The van der Waals surface area contributed by atoms with Gasteiger partial charge in [-0.2, -0.15) is 5.10 Å². The van der Waals surface area contributed by atoms with E-state index in [2.05, 4.69) is 12.0 Å². The smallest absolute Gasteiger partial charge is 0.0703 e. The highest BCUT2D eigenvalue weighted by atomic mass is 32.2. The van der Waals surface area contributed by atoms with Gasteiger partial charge in [-0.25, -0.2) is 0 Å². The van der Waals surface area contributed by atoms with Crippen molar-refractivity contribution in [3.63, 3.8) is 0 Å². The SMILES string of the molecule is CCc1cc(CS(=O)c2ccc(C)cc2N)n(C)n1. The van der Waals surface area contributed by atoms with Gasteiger partial charge < -0.3 is 5.73 Å². The van der Waals surface area contributed by atoms with E-state index in [0.29, 0.717) is 16.3 Å². The molecule has 19 heavy (non-hydrogen) atoms. The van der Waals surface area contributed by atoms with E-state index in [9.17, 15) is 4.21 Å². The number of aromatic nitrogens is 2. The molecule has 1 unspecified atom stereocenters. The Morgan fingerprint density at radius 2 is 2.11 bits per heavy atom. The number of rotatable bonds is 4. The number of hydrogen-bond donors (Lipinski definition) is 1. The molecule has 1 aromatic heterocycles. The lowest BCUT2D eigenvalue weighted by Crippen LogP contribution is -2.05. The highest BCUT2D eigenvalue weighted by Crippen LogP contribution is 2.20. The lowest BCUT2D eigenvalue weighted by molar-refractivity contribution is 0.675. The van der Waals surface area contributed by atoms with E-state index in [-0.39, 0.29) is 0 Å². The predicted molar refractivity (Wildman–Crippen MR) is 78.3 cm³/mol. The molecule has 102 valence electrons. The third kappa shape index (κ3) is 3.04. The quantitative estimate of drug-likeness (QED) is 0.871. The molecule has 2 rings (SSSR count). The monoisotopic (exact) mass is 277 g/mol. The minimum Gasteiger partial charge on any atom is -0.398 e. The van der Waals surface area contributed by atoms with Crippen molar-refractivity contribution >= 4 is 16.5 Å². The first-order chi connectivity index (χ1) is 9.01. The van der Waals surface area contributed by atoms with Crippen LogP contribution in [0.25, 0.3) is 0 Å². The fourth-order valence-corrected chi connectivity index (χ4v) is 3.20.